The van der Waals surface area contributed by atoms with Crippen molar-refractivity contribution in [2.45, 2.75) is 6.42 Å². The maximum atomic E-state index is 3.31. The Morgan fingerprint density at radius 3 is 1.32 bits per heavy atom. The molecule has 3 aromatic rings. The van der Waals surface area contributed by atoms with Crippen LogP contribution < -0.4 is 38.2 Å². The summed E-state index contributed by atoms with van der Waals surface area (Å²) in [4.78, 5) is 0. The molecule has 130 valence electrons. The van der Waals surface area contributed by atoms with Gasteiger partial charge in [0, 0.05) is 0 Å². The van der Waals surface area contributed by atoms with Crippen LogP contribution in [0.1, 0.15) is 6.42 Å². The summed E-state index contributed by atoms with van der Waals surface area (Å²) in [7, 11) is 0.412. The van der Waals surface area contributed by atoms with E-state index >= 15 is 0 Å². The molecular weight excluding hydrogens is 389 g/mol. The molecule has 0 bridgehead atoms. The summed E-state index contributed by atoms with van der Waals surface area (Å²) in [6.45, 7) is 1.05. The van der Waals surface area contributed by atoms with Crippen LogP contribution in [0.5, 0.6) is 0 Å². The lowest BCUT2D eigenvalue weighted by molar-refractivity contribution is -0.00000474. The minimum Gasteiger partial charge on any atom is -1.00 e. The first-order valence-corrected chi connectivity index (χ1v) is 10.5. The van der Waals surface area contributed by atoms with Crippen LogP contribution in [0, 0.1) is 0 Å². The molecule has 3 heteroatoms. The maximum absolute atomic E-state index is 3.31. The second kappa shape index (κ2) is 9.87. The van der Waals surface area contributed by atoms with Crippen molar-refractivity contribution >= 4 is 23.2 Å². The Bertz CT molecular complexity index is 635. The zero-order valence-corrected chi connectivity index (χ0v) is 17.1. The Balaban J connectivity index is 0.00000225. The summed E-state index contributed by atoms with van der Waals surface area (Å²) in [5, 5.41) is 7.72. The van der Waals surface area contributed by atoms with Gasteiger partial charge in [-0.2, -0.15) is 0 Å². The highest BCUT2D eigenvalue weighted by atomic mass is 79.9. The van der Waals surface area contributed by atoms with Gasteiger partial charge in [-0.1, -0.05) is 54.6 Å². The minimum absolute atomic E-state index is 0. The smallest absolute Gasteiger partial charge is 0.112 e. The largest absolute Gasteiger partial charge is 1.00 e. The first kappa shape index (κ1) is 19.8. The van der Waals surface area contributed by atoms with Gasteiger partial charge in [0.05, 0.1) is 6.16 Å². The number of rotatable bonds is 7. The van der Waals surface area contributed by atoms with Gasteiger partial charge in [0.2, 0.25) is 0 Å². The molecule has 0 aliphatic carbocycles. The zero-order valence-electron chi connectivity index (χ0n) is 14.6. The predicted octanol–water partition coefficient (Wildman–Crippen LogP) is 0.594. The Hall–Kier alpha value is -1.47. The first-order chi connectivity index (χ1) is 11.9. The van der Waals surface area contributed by atoms with Gasteiger partial charge < -0.3 is 22.3 Å². The fourth-order valence-corrected chi connectivity index (χ4v) is 7.72. The molecule has 0 saturated heterocycles. The lowest BCUT2D eigenvalue weighted by Crippen LogP contribution is -3.00. The standard InChI is InChI=1S/C22H25NP.BrH/c1-23-18-11-19-24(20-12-5-2-6-13-20,21-14-7-3-8-15-21)22-16-9-4-10-17-22;/h2-10,12-17,23H,11,18-19H2,1H3;1H/q+1;/p-1. The van der Waals surface area contributed by atoms with E-state index in [2.05, 4.69) is 96.3 Å². The minimum atomic E-state index is -1.62. The maximum Gasteiger partial charge on any atom is 0.112 e. The molecule has 0 aromatic heterocycles. The van der Waals surface area contributed by atoms with Gasteiger partial charge >= 0.3 is 0 Å². The highest BCUT2D eigenvalue weighted by Gasteiger charge is 2.44. The molecule has 3 aromatic carbocycles. The fourth-order valence-electron chi connectivity index (χ4n) is 3.37. The Kier molecular flexibility index (Phi) is 7.84. The second-order valence-electron chi connectivity index (χ2n) is 6.00. The van der Waals surface area contributed by atoms with E-state index in [0.717, 1.165) is 6.54 Å². The van der Waals surface area contributed by atoms with Crippen LogP contribution in [0.2, 0.25) is 0 Å². The Labute approximate surface area is 162 Å². The summed E-state index contributed by atoms with van der Waals surface area (Å²) in [5.41, 5.74) is 0. The molecule has 0 saturated carbocycles. The summed E-state index contributed by atoms with van der Waals surface area (Å²) in [6, 6.07) is 33.3. The highest BCUT2D eigenvalue weighted by Crippen LogP contribution is 2.55. The molecule has 25 heavy (non-hydrogen) atoms. The average molecular weight is 414 g/mol. The molecule has 0 fully saturated rings. The van der Waals surface area contributed by atoms with Crippen molar-refractivity contribution in [3.63, 3.8) is 0 Å². The van der Waals surface area contributed by atoms with Crippen molar-refractivity contribution in [2.24, 2.45) is 0 Å². The van der Waals surface area contributed by atoms with Gasteiger partial charge in [-0.25, -0.2) is 0 Å². The van der Waals surface area contributed by atoms with Crippen LogP contribution in [0.3, 0.4) is 0 Å². The van der Waals surface area contributed by atoms with Crippen LogP contribution in [-0.2, 0) is 0 Å². The summed E-state index contributed by atoms with van der Waals surface area (Å²) in [6.07, 6.45) is 2.36. The van der Waals surface area contributed by atoms with E-state index in [-0.39, 0.29) is 17.0 Å². The lowest BCUT2D eigenvalue weighted by atomic mass is 10.3. The highest BCUT2D eigenvalue weighted by molar-refractivity contribution is 7.95. The number of hydrogen-bond acceptors (Lipinski definition) is 1. The van der Waals surface area contributed by atoms with Crippen LogP contribution in [0.4, 0.5) is 0 Å². The van der Waals surface area contributed by atoms with E-state index in [1.807, 2.05) is 7.05 Å². The number of benzene rings is 3. The van der Waals surface area contributed by atoms with E-state index in [1.165, 1.54) is 28.5 Å². The topological polar surface area (TPSA) is 12.0 Å². The molecule has 0 amide bonds. The third-order valence-corrected chi connectivity index (χ3v) is 9.04. The fraction of sp³-hybridized carbons (Fsp3) is 0.182. The van der Waals surface area contributed by atoms with Crippen molar-refractivity contribution in [3.8, 4) is 0 Å². The summed E-state index contributed by atoms with van der Waals surface area (Å²) >= 11 is 0. The zero-order chi connectivity index (χ0) is 16.7. The number of hydrogen-bond donors (Lipinski definition) is 1. The van der Waals surface area contributed by atoms with Gasteiger partial charge in [-0.05, 0) is 56.4 Å². The molecule has 0 unspecified atom stereocenters. The summed E-state index contributed by atoms with van der Waals surface area (Å²) < 4.78 is 0. The summed E-state index contributed by atoms with van der Waals surface area (Å²) in [5.74, 6) is 0. The van der Waals surface area contributed by atoms with Gasteiger partial charge in [-0.15, -0.1) is 0 Å². The SMILES string of the molecule is CNCCC[P+](c1ccccc1)(c1ccccc1)c1ccccc1.[Br-]. The first-order valence-electron chi connectivity index (χ1n) is 8.57. The number of halogens is 1. The third-order valence-electron chi connectivity index (χ3n) is 4.51. The van der Waals surface area contributed by atoms with E-state index in [9.17, 15) is 0 Å². The van der Waals surface area contributed by atoms with E-state index < -0.39 is 7.26 Å². The van der Waals surface area contributed by atoms with Gasteiger partial charge in [0.25, 0.3) is 0 Å². The van der Waals surface area contributed by atoms with Crippen LogP contribution in [-0.4, -0.2) is 19.8 Å². The molecular formula is C22H25BrNP. The Morgan fingerprint density at radius 2 is 1.00 bits per heavy atom. The lowest BCUT2D eigenvalue weighted by Gasteiger charge is -2.27. The predicted molar refractivity (Wildman–Crippen MR) is 109 cm³/mol. The third kappa shape index (κ3) is 4.39. The quantitative estimate of drug-likeness (QED) is 0.441. The molecule has 3 rings (SSSR count). The van der Waals surface area contributed by atoms with Crippen molar-refractivity contribution in [2.75, 3.05) is 19.8 Å². The molecule has 0 aliphatic rings. The van der Waals surface area contributed by atoms with E-state index in [1.54, 1.807) is 0 Å². The molecule has 0 spiro atoms. The molecule has 0 atom stereocenters. The second-order valence-corrected chi connectivity index (χ2v) is 9.61. The normalized spacial score (nSPS) is 10.9. The molecule has 1 nitrogen and oxygen atoms in total. The monoisotopic (exact) mass is 413 g/mol. The van der Waals surface area contributed by atoms with Gasteiger partial charge in [0.1, 0.15) is 23.2 Å². The van der Waals surface area contributed by atoms with E-state index in [4.69, 9.17) is 0 Å². The molecule has 0 heterocycles. The molecule has 0 radical (unpaired) electrons. The number of nitrogens with one attached hydrogen (secondary N) is 1. The van der Waals surface area contributed by atoms with Gasteiger partial charge in [0.15, 0.2) is 0 Å². The van der Waals surface area contributed by atoms with Crippen LogP contribution in [0.25, 0.3) is 0 Å². The Morgan fingerprint density at radius 1 is 0.640 bits per heavy atom. The molecule has 0 aliphatic heterocycles. The van der Waals surface area contributed by atoms with Crippen molar-refractivity contribution < 1.29 is 17.0 Å². The van der Waals surface area contributed by atoms with Crippen LogP contribution in [0.15, 0.2) is 91.0 Å². The van der Waals surface area contributed by atoms with E-state index in [0.29, 0.717) is 0 Å². The average Bonchev–Trinajstić information content (AvgIpc) is 2.68. The van der Waals surface area contributed by atoms with Crippen LogP contribution >= 0.6 is 7.26 Å². The van der Waals surface area contributed by atoms with Crippen molar-refractivity contribution in [1.29, 1.82) is 0 Å². The molecule has 1 N–H and O–H groups in total. The van der Waals surface area contributed by atoms with Crippen molar-refractivity contribution in [3.05, 3.63) is 91.0 Å². The van der Waals surface area contributed by atoms with Crippen molar-refractivity contribution in [1.82, 2.24) is 5.32 Å². The van der Waals surface area contributed by atoms with Gasteiger partial charge in [-0.3, -0.25) is 0 Å².